The molecule has 2 aromatic heterocycles. The molecular weight excluding hydrogens is 324 g/mol. The SMILES string of the molecule is COCCn1cccc1[C@H]1[C@@H](c2ccccn2)NC(=S)N1CCO. The molecule has 1 saturated heterocycles. The number of pyridine rings is 1. The summed E-state index contributed by atoms with van der Waals surface area (Å²) in [7, 11) is 1.70. The molecule has 0 amide bonds. The van der Waals surface area contributed by atoms with Crippen molar-refractivity contribution in [2.24, 2.45) is 0 Å². The summed E-state index contributed by atoms with van der Waals surface area (Å²) in [4.78, 5) is 6.53. The van der Waals surface area contributed by atoms with Gasteiger partial charge in [-0.05, 0) is 36.5 Å². The van der Waals surface area contributed by atoms with Crippen LogP contribution in [-0.2, 0) is 11.3 Å². The lowest BCUT2D eigenvalue weighted by Crippen LogP contribution is -2.33. The molecule has 7 heteroatoms. The number of hydrogen-bond donors (Lipinski definition) is 2. The van der Waals surface area contributed by atoms with Crippen LogP contribution in [0.15, 0.2) is 42.7 Å². The lowest BCUT2D eigenvalue weighted by molar-refractivity contribution is 0.181. The summed E-state index contributed by atoms with van der Waals surface area (Å²) in [6, 6.07) is 9.92. The first-order valence-electron chi connectivity index (χ1n) is 7.99. The van der Waals surface area contributed by atoms with Crippen LogP contribution in [0.4, 0.5) is 0 Å². The number of aliphatic hydroxyl groups is 1. The molecule has 2 N–H and O–H groups in total. The standard InChI is InChI=1S/C17H22N4O2S/c1-23-12-10-20-8-4-6-14(20)16-15(13-5-2-3-7-18-13)19-17(24)21(16)9-11-22/h2-8,15-16,22H,9-12H2,1H3,(H,19,24)/t15-,16+/m1/s1. The summed E-state index contributed by atoms with van der Waals surface area (Å²) in [6.07, 6.45) is 3.83. The maximum Gasteiger partial charge on any atom is 0.170 e. The molecule has 0 unspecified atom stereocenters. The number of aliphatic hydroxyl groups excluding tert-OH is 1. The molecule has 6 nitrogen and oxygen atoms in total. The second-order valence-corrected chi connectivity index (χ2v) is 6.05. The first kappa shape index (κ1) is 16.9. The number of β-amino-alcohol motifs (C(OH)–C–C–N with tert-alkyl or cyclic N) is 1. The Bertz CT molecular complexity index is 676. The van der Waals surface area contributed by atoms with Crippen molar-refractivity contribution in [3.05, 3.63) is 54.1 Å². The van der Waals surface area contributed by atoms with Crippen molar-refractivity contribution in [3.8, 4) is 0 Å². The van der Waals surface area contributed by atoms with Gasteiger partial charge in [0.05, 0.1) is 31.0 Å². The van der Waals surface area contributed by atoms with Crippen molar-refractivity contribution in [2.45, 2.75) is 18.6 Å². The fraction of sp³-hybridized carbons (Fsp3) is 0.412. The summed E-state index contributed by atoms with van der Waals surface area (Å²) in [5, 5.41) is 13.5. The highest BCUT2D eigenvalue weighted by molar-refractivity contribution is 7.80. The third-order valence-corrected chi connectivity index (χ3v) is 4.60. The average Bonchev–Trinajstić information content (AvgIpc) is 3.19. The van der Waals surface area contributed by atoms with Crippen molar-refractivity contribution >= 4 is 17.3 Å². The molecule has 1 aliphatic rings. The molecule has 0 saturated carbocycles. The fourth-order valence-corrected chi connectivity index (χ4v) is 3.50. The molecule has 0 radical (unpaired) electrons. The van der Waals surface area contributed by atoms with Crippen LogP contribution in [0.1, 0.15) is 23.5 Å². The van der Waals surface area contributed by atoms with Gasteiger partial charge in [0.15, 0.2) is 5.11 Å². The van der Waals surface area contributed by atoms with Crippen LogP contribution in [-0.4, -0.2) is 51.5 Å². The molecule has 1 aliphatic heterocycles. The molecule has 0 aliphatic carbocycles. The van der Waals surface area contributed by atoms with Crippen molar-refractivity contribution in [1.82, 2.24) is 19.8 Å². The number of rotatable bonds is 7. The summed E-state index contributed by atoms with van der Waals surface area (Å²) in [6.45, 7) is 1.94. The minimum absolute atomic E-state index is 0.0218. The van der Waals surface area contributed by atoms with E-state index in [1.807, 2.05) is 35.4 Å². The number of nitrogens with zero attached hydrogens (tertiary/aromatic N) is 3. The van der Waals surface area contributed by atoms with Crippen LogP contribution in [0.2, 0.25) is 0 Å². The number of thiocarbonyl (C=S) groups is 1. The predicted octanol–water partition coefficient (Wildman–Crippen LogP) is 1.49. The van der Waals surface area contributed by atoms with E-state index in [1.165, 1.54) is 0 Å². The topological polar surface area (TPSA) is 62.5 Å². The zero-order valence-corrected chi connectivity index (χ0v) is 14.4. The average molecular weight is 346 g/mol. The van der Waals surface area contributed by atoms with Gasteiger partial charge in [-0.3, -0.25) is 4.98 Å². The van der Waals surface area contributed by atoms with Gasteiger partial charge in [0.25, 0.3) is 0 Å². The fourth-order valence-electron chi connectivity index (χ4n) is 3.16. The molecule has 128 valence electrons. The molecule has 0 spiro atoms. The van der Waals surface area contributed by atoms with Crippen molar-refractivity contribution < 1.29 is 9.84 Å². The van der Waals surface area contributed by atoms with Crippen LogP contribution < -0.4 is 5.32 Å². The Labute approximate surface area is 147 Å². The molecule has 3 heterocycles. The highest BCUT2D eigenvalue weighted by atomic mass is 32.1. The highest BCUT2D eigenvalue weighted by Crippen LogP contribution is 2.38. The predicted molar refractivity (Wildman–Crippen MR) is 95.6 cm³/mol. The zero-order valence-electron chi connectivity index (χ0n) is 13.6. The molecular formula is C17H22N4O2S. The first-order valence-corrected chi connectivity index (χ1v) is 8.40. The smallest absolute Gasteiger partial charge is 0.170 e. The van der Waals surface area contributed by atoms with Gasteiger partial charge in [-0.2, -0.15) is 0 Å². The second-order valence-electron chi connectivity index (χ2n) is 5.66. The molecule has 3 rings (SSSR count). The monoisotopic (exact) mass is 346 g/mol. The van der Waals surface area contributed by atoms with E-state index in [4.69, 9.17) is 17.0 Å². The number of ether oxygens (including phenoxy) is 1. The summed E-state index contributed by atoms with van der Waals surface area (Å²) < 4.78 is 7.38. The van der Waals surface area contributed by atoms with E-state index in [9.17, 15) is 5.11 Å². The van der Waals surface area contributed by atoms with E-state index >= 15 is 0 Å². The van der Waals surface area contributed by atoms with Gasteiger partial charge in [0.1, 0.15) is 0 Å². The summed E-state index contributed by atoms with van der Waals surface area (Å²) in [5.41, 5.74) is 2.06. The van der Waals surface area contributed by atoms with Crippen molar-refractivity contribution in [3.63, 3.8) is 0 Å². The number of aromatic nitrogens is 2. The normalized spacial score (nSPS) is 20.4. The van der Waals surface area contributed by atoms with Crippen LogP contribution in [0.3, 0.4) is 0 Å². The maximum absolute atomic E-state index is 9.46. The lowest BCUT2D eigenvalue weighted by atomic mass is 10.0. The van der Waals surface area contributed by atoms with E-state index < -0.39 is 0 Å². The highest BCUT2D eigenvalue weighted by Gasteiger charge is 2.40. The quantitative estimate of drug-likeness (QED) is 0.741. The third kappa shape index (κ3) is 3.28. The van der Waals surface area contributed by atoms with Crippen molar-refractivity contribution in [1.29, 1.82) is 0 Å². The Morgan fingerprint density at radius 3 is 2.88 bits per heavy atom. The van der Waals surface area contributed by atoms with Gasteiger partial charge < -0.3 is 24.6 Å². The molecule has 1 fully saturated rings. The zero-order chi connectivity index (χ0) is 16.9. The first-order chi connectivity index (χ1) is 11.8. The van der Waals surface area contributed by atoms with Gasteiger partial charge in [0, 0.05) is 38.3 Å². The number of nitrogens with one attached hydrogen (secondary N) is 1. The van der Waals surface area contributed by atoms with Crippen LogP contribution in [0.5, 0.6) is 0 Å². The van der Waals surface area contributed by atoms with E-state index in [0.29, 0.717) is 18.3 Å². The summed E-state index contributed by atoms with van der Waals surface area (Å²) >= 11 is 5.51. The van der Waals surface area contributed by atoms with Gasteiger partial charge in [-0.25, -0.2) is 0 Å². The lowest BCUT2D eigenvalue weighted by Gasteiger charge is -2.28. The Balaban J connectivity index is 1.98. The van der Waals surface area contributed by atoms with E-state index in [2.05, 4.69) is 20.9 Å². The van der Waals surface area contributed by atoms with Crippen LogP contribution >= 0.6 is 12.2 Å². The van der Waals surface area contributed by atoms with Crippen LogP contribution in [0, 0.1) is 0 Å². The minimum atomic E-state index is -0.0542. The number of methoxy groups -OCH3 is 1. The second kappa shape index (κ2) is 7.74. The molecule has 0 bridgehead atoms. The third-order valence-electron chi connectivity index (χ3n) is 4.24. The van der Waals surface area contributed by atoms with Crippen molar-refractivity contribution in [2.75, 3.05) is 26.9 Å². The maximum atomic E-state index is 9.46. The van der Waals surface area contributed by atoms with Gasteiger partial charge in [-0.15, -0.1) is 0 Å². The largest absolute Gasteiger partial charge is 0.395 e. The molecule has 2 atom stereocenters. The van der Waals surface area contributed by atoms with Gasteiger partial charge in [0.2, 0.25) is 0 Å². The summed E-state index contributed by atoms with van der Waals surface area (Å²) in [5.74, 6) is 0. The Morgan fingerprint density at radius 2 is 2.17 bits per heavy atom. The molecule has 2 aromatic rings. The molecule has 24 heavy (non-hydrogen) atoms. The molecule has 0 aromatic carbocycles. The van der Waals surface area contributed by atoms with E-state index in [-0.39, 0.29) is 18.7 Å². The van der Waals surface area contributed by atoms with E-state index in [1.54, 1.807) is 13.3 Å². The van der Waals surface area contributed by atoms with E-state index in [0.717, 1.165) is 17.9 Å². The Morgan fingerprint density at radius 1 is 1.29 bits per heavy atom. The van der Waals surface area contributed by atoms with Gasteiger partial charge in [-0.1, -0.05) is 6.07 Å². The minimum Gasteiger partial charge on any atom is -0.395 e. The Hall–Kier alpha value is -1.96. The van der Waals surface area contributed by atoms with Crippen LogP contribution in [0.25, 0.3) is 0 Å². The number of hydrogen-bond acceptors (Lipinski definition) is 4. The van der Waals surface area contributed by atoms with Gasteiger partial charge >= 0.3 is 0 Å². The Kier molecular flexibility index (Phi) is 5.44.